The maximum absolute atomic E-state index is 4.94. The summed E-state index contributed by atoms with van der Waals surface area (Å²) < 4.78 is 2.48. The van der Waals surface area contributed by atoms with Crippen LogP contribution in [0.3, 0.4) is 0 Å². The zero-order valence-corrected chi connectivity index (χ0v) is 26.2. The molecule has 0 N–H and O–H groups in total. The molecule has 0 bridgehead atoms. The SMILES string of the molecule is c1ccc(-c2nc(-c3ccccc3)nc(-c3ccc4c(c3)sc3cc(-c5ccc(-c6ccc7ccccc7c6)cc5)ccc34)n2)cc1. The number of aromatic nitrogens is 3. The van der Waals surface area contributed by atoms with Gasteiger partial charge in [-0.25, -0.2) is 15.0 Å². The van der Waals surface area contributed by atoms with Gasteiger partial charge in [-0.1, -0.05) is 146 Å². The van der Waals surface area contributed by atoms with Crippen LogP contribution in [0.5, 0.6) is 0 Å². The van der Waals surface area contributed by atoms with Crippen LogP contribution in [0.4, 0.5) is 0 Å². The zero-order valence-electron chi connectivity index (χ0n) is 25.3. The van der Waals surface area contributed by atoms with Crippen LogP contribution in [0.2, 0.25) is 0 Å². The molecule has 3 nitrogen and oxygen atoms in total. The second-order valence-corrected chi connectivity index (χ2v) is 12.8. The van der Waals surface area contributed by atoms with Crippen LogP contribution >= 0.6 is 11.3 Å². The standard InChI is InChI=1S/C43H27N3S/c1-3-10-31(11-4-1)41-44-42(32-12-5-2-6-13-32)46-43(45-41)36-22-24-38-37-23-21-35(26-39(37)47-40(38)27-36)30-17-15-29(16-18-30)34-20-19-28-9-7-8-14-33(28)25-34/h1-27H. The van der Waals surface area contributed by atoms with Gasteiger partial charge in [-0.05, 0) is 51.2 Å². The fourth-order valence-corrected chi connectivity index (χ4v) is 7.44. The van der Waals surface area contributed by atoms with Gasteiger partial charge in [0.2, 0.25) is 0 Å². The highest BCUT2D eigenvalue weighted by molar-refractivity contribution is 7.25. The lowest BCUT2D eigenvalue weighted by Gasteiger charge is -2.08. The second kappa shape index (κ2) is 11.4. The van der Waals surface area contributed by atoms with Gasteiger partial charge in [0.1, 0.15) is 0 Å². The minimum atomic E-state index is 0.669. The molecule has 9 aromatic rings. The Morgan fingerprint density at radius 3 is 1.32 bits per heavy atom. The summed E-state index contributed by atoms with van der Waals surface area (Å²) in [6.45, 7) is 0. The fraction of sp³-hybridized carbons (Fsp3) is 0. The van der Waals surface area contributed by atoms with Crippen molar-refractivity contribution in [2.24, 2.45) is 0 Å². The van der Waals surface area contributed by atoms with Crippen molar-refractivity contribution in [3.05, 3.63) is 164 Å². The summed E-state index contributed by atoms with van der Waals surface area (Å²) in [6, 6.07) is 57.7. The zero-order chi connectivity index (χ0) is 31.2. The van der Waals surface area contributed by atoms with Crippen LogP contribution in [0.25, 0.3) is 87.4 Å². The van der Waals surface area contributed by atoms with Crippen molar-refractivity contribution in [2.75, 3.05) is 0 Å². The Labute approximate surface area is 276 Å². The normalized spacial score (nSPS) is 11.4. The van der Waals surface area contributed by atoms with E-state index >= 15 is 0 Å². The van der Waals surface area contributed by atoms with Crippen LogP contribution in [-0.2, 0) is 0 Å². The van der Waals surface area contributed by atoms with Gasteiger partial charge in [0.05, 0.1) is 0 Å². The summed E-state index contributed by atoms with van der Waals surface area (Å²) >= 11 is 1.81. The van der Waals surface area contributed by atoms with Gasteiger partial charge in [-0.2, -0.15) is 0 Å². The number of thiophene rings is 1. The van der Waals surface area contributed by atoms with Crippen molar-refractivity contribution in [2.45, 2.75) is 0 Å². The molecule has 220 valence electrons. The Morgan fingerprint density at radius 2 is 0.723 bits per heavy atom. The molecule has 7 aromatic carbocycles. The number of rotatable bonds is 5. The number of benzene rings is 7. The average molecular weight is 618 g/mol. The summed E-state index contributed by atoms with van der Waals surface area (Å²) in [5, 5.41) is 5.03. The molecule has 0 fully saturated rings. The predicted octanol–water partition coefficient (Wildman–Crippen LogP) is 11.7. The van der Waals surface area contributed by atoms with Gasteiger partial charge in [-0.3, -0.25) is 0 Å². The molecule has 0 unspecified atom stereocenters. The molecule has 47 heavy (non-hydrogen) atoms. The summed E-state index contributed by atoms with van der Waals surface area (Å²) in [6.07, 6.45) is 0. The highest BCUT2D eigenvalue weighted by Crippen LogP contribution is 2.39. The van der Waals surface area contributed by atoms with E-state index in [0.717, 1.165) is 16.7 Å². The molecule has 0 spiro atoms. The molecule has 2 aromatic heterocycles. The summed E-state index contributed by atoms with van der Waals surface area (Å²) in [7, 11) is 0. The molecule has 0 aliphatic rings. The van der Waals surface area contributed by atoms with Crippen LogP contribution in [-0.4, -0.2) is 15.0 Å². The van der Waals surface area contributed by atoms with Crippen LogP contribution in [0.1, 0.15) is 0 Å². The molecule has 0 aliphatic heterocycles. The van der Waals surface area contributed by atoms with Gasteiger partial charge in [0.25, 0.3) is 0 Å². The minimum absolute atomic E-state index is 0.669. The maximum Gasteiger partial charge on any atom is 0.164 e. The number of nitrogens with zero attached hydrogens (tertiary/aromatic N) is 3. The van der Waals surface area contributed by atoms with E-state index in [9.17, 15) is 0 Å². The minimum Gasteiger partial charge on any atom is -0.208 e. The van der Waals surface area contributed by atoms with Crippen molar-refractivity contribution in [3.63, 3.8) is 0 Å². The highest BCUT2D eigenvalue weighted by atomic mass is 32.1. The van der Waals surface area contributed by atoms with E-state index in [1.807, 2.05) is 72.0 Å². The number of hydrogen-bond donors (Lipinski definition) is 0. The molecule has 0 saturated carbocycles. The number of hydrogen-bond acceptors (Lipinski definition) is 4. The molecule has 0 atom stereocenters. The van der Waals surface area contributed by atoms with E-state index in [2.05, 4.69) is 103 Å². The first kappa shape index (κ1) is 27.3. The average Bonchev–Trinajstić information content (AvgIpc) is 3.52. The van der Waals surface area contributed by atoms with E-state index in [4.69, 9.17) is 15.0 Å². The highest BCUT2D eigenvalue weighted by Gasteiger charge is 2.14. The third kappa shape index (κ3) is 5.15. The third-order valence-electron chi connectivity index (χ3n) is 8.73. The first-order chi connectivity index (χ1) is 23.2. The molecule has 0 saturated heterocycles. The second-order valence-electron chi connectivity index (χ2n) is 11.7. The lowest BCUT2D eigenvalue weighted by atomic mass is 9.98. The molecule has 0 aliphatic carbocycles. The van der Waals surface area contributed by atoms with E-state index in [0.29, 0.717) is 17.5 Å². The summed E-state index contributed by atoms with van der Waals surface area (Å²) in [4.78, 5) is 14.7. The summed E-state index contributed by atoms with van der Waals surface area (Å²) in [5.41, 5.74) is 7.79. The molecule has 9 rings (SSSR count). The van der Waals surface area contributed by atoms with Crippen molar-refractivity contribution < 1.29 is 0 Å². The van der Waals surface area contributed by atoms with Crippen molar-refractivity contribution in [3.8, 4) is 56.4 Å². The topological polar surface area (TPSA) is 38.7 Å². The Hall–Kier alpha value is -5.97. The van der Waals surface area contributed by atoms with Crippen molar-refractivity contribution in [1.29, 1.82) is 0 Å². The van der Waals surface area contributed by atoms with E-state index in [1.165, 1.54) is 53.2 Å². The molecular weight excluding hydrogens is 591 g/mol. The van der Waals surface area contributed by atoms with Gasteiger partial charge in [-0.15, -0.1) is 11.3 Å². The molecule has 0 amide bonds. The first-order valence-electron chi connectivity index (χ1n) is 15.7. The van der Waals surface area contributed by atoms with E-state index < -0.39 is 0 Å². The smallest absolute Gasteiger partial charge is 0.164 e. The van der Waals surface area contributed by atoms with E-state index in [-0.39, 0.29) is 0 Å². The largest absolute Gasteiger partial charge is 0.208 e. The van der Waals surface area contributed by atoms with Crippen LogP contribution in [0, 0.1) is 0 Å². The van der Waals surface area contributed by atoms with Gasteiger partial charge in [0.15, 0.2) is 17.5 Å². The Bertz CT molecular complexity index is 2500. The summed E-state index contributed by atoms with van der Waals surface area (Å²) in [5.74, 6) is 2.01. The van der Waals surface area contributed by atoms with Crippen molar-refractivity contribution >= 4 is 42.3 Å². The third-order valence-corrected chi connectivity index (χ3v) is 9.85. The Balaban J connectivity index is 1.07. The van der Waals surface area contributed by atoms with E-state index in [1.54, 1.807) is 0 Å². The van der Waals surface area contributed by atoms with Gasteiger partial charge < -0.3 is 0 Å². The first-order valence-corrected chi connectivity index (χ1v) is 16.5. The lowest BCUT2D eigenvalue weighted by molar-refractivity contribution is 1.07. The van der Waals surface area contributed by atoms with Crippen molar-refractivity contribution in [1.82, 2.24) is 15.0 Å². The fourth-order valence-electron chi connectivity index (χ4n) is 6.26. The predicted molar refractivity (Wildman–Crippen MR) is 197 cm³/mol. The van der Waals surface area contributed by atoms with Gasteiger partial charge in [0, 0.05) is 36.9 Å². The Morgan fingerprint density at radius 1 is 0.298 bits per heavy atom. The molecule has 4 heteroatoms. The number of fused-ring (bicyclic) bond motifs is 4. The molecular formula is C43H27N3S. The molecule has 2 heterocycles. The maximum atomic E-state index is 4.94. The quantitative estimate of drug-likeness (QED) is 0.193. The van der Waals surface area contributed by atoms with Crippen LogP contribution < -0.4 is 0 Å². The lowest BCUT2D eigenvalue weighted by Crippen LogP contribution is -1.99. The Kier molecular flexibility index (Phi) is 6.65. The van der Waals surface area contributed by atoms with Gasteiger partial charge >= 0.3 is 0 Å². The van der Waals surface area contributed by atoms with Crippen LogP contribution in [0.15, 0.2) is 164 Å². The monoisotopic (exact) mass is 617 g/mol. The molecule has 0 radical (unpaired) electrons.